The van der Waals surface area contributed by atoms with Crippen LogP contribution in [0.25, 0.3) is 0 Å². The maximum absolute atomic E-state index is 11.9. The molecule has 0 amide bonds. The fourth-order valence-corrected chi connectivity index (χ4v) is 2.31. The molecule has 0 aliphatic carbocycles. The van der Waals surface area contributed by atoms with Crippen LogP contribution < -0.4 is 10.9 Å². The number of nitrogens with one attached hydrogen (secondary N) is 1. The van der Waals surface area contributed by atoms with Crippen LogP contribution in [0, 0.1) is 0 Å². The van der Waals surface area contributed by atoms with Crippen molar-refractivity contribution in [2.75, 3.05) is 16.8 Å². The van der Waals surface area contributed by atoms with Crippen LogP contribution >= 0.6 is 11.8 Å². The Morgan fingerprint density at radius 2 is 2.29 bits per heavy atom. The van der Waals surface area contributed by atoms with Gasteiger partial charge in [-0.15, -0.1) is 0 Å². The first-order valence-corrected chi connectivity index (χ1v) is 7.24. The number of nitrogens with zero attached hydrogens (tertiary/aromatic N) is 2. The second-order valence-electron chi connectivity index (χ2n) is 3.90. The van der Waals surface area contributed by atoms with Gasteiger partial charge in [-0.05, 0) is 31.8 Å². The molecule has 0 fully saturated rings. The second-order valence-corrected chi connectivity index (χ2v) is 5.29. The second kappa shape index (κ2) is 7.37. The normalized spacial score (nSPS) is 12.4. The average Bonchev–Trinajstić information content (AvgIpc) is 2.32. The summed E-state index contributed by atoms with van der Waals surface area (Å²) in [5.41, 5.74) is -0.0370. The van der Waals surface area contributed by atoms with Crippen LogP contribution in [0.15, 0.2) is 17.2 Å². The fourth-order valence-electron chi connectivity index (χ4n) is 1.51. The van der Waals surface area contributed by atoms with Crippen molar-refractivity contribution >= 4 is 17.6 Å². The van der Waals surface area contributed by atoms with Crippen LogP contribution in [0.5, 0.6) is 0 Å². The quantitative estimate of drug-likeness (QED) is 0.759. The molecule has 0 aliphatic heterocycles. The molecule has 0 bridgehead atoms. The van der Waals surface area contributed by atoms with Crippen LogP contribution in [-0.4, -0.2) is 27.1 Å². The van der Waals surface area contributed by atoms with Crippen LogP contribution in [0.4, 0.5) is 5.82 Å². The Bertz CT molecular complexity index is 392. The summed E-state index contributed by atoms with van der Waals surface area (Å²) in [5.74, 6) is 2.71. The third kappa shape index (κ3) is 4.42. The predicted octanol–water partition coefficient (Wildman–Crippen LogP) is 2.21. The molecule has 0 radical (unpaired) electrons. The number of aryl methyl sites for hydroxylation is 1. The van der Waals surface area contributed by atoms with E-state index in [4.69, 9.17) is 0 Å². The van der Waals surface area contributed by atoms with Crippen molar-refractivity contribution in [2.45, 2.75) is 39.8 Å². The van der Waals surface area contributed by atoms with Gasteiger partial charge in [0.05, 0.1) is 0 Å². The van der Waals surface area contributed by atoms with E-state index >= 15 is 0 Å². The zero-order valence-electron chi connectivity index (χ0n) is 10.8. The fraction of sp³-hybridized carbons (Fsp3) is 0.667. The van der Waals surface area contributed by atoms with E-state index in [1.165, 1.54) is 0 Å². The summed E-state index contributed by atoms with van der Waals surface area (Å²) in [7, 11) is 0. The predicted molar refractivity (Wildman–Crippen MR) is 74.9 cm³/mol. The van der Waals surface area contributed by atoms with Gasteiger partial charge in [0.1, 0.15) is 0 Å². The lowest BCUT2D eigenvalue weighted by molar-refractivity contribution is 0.706. The summed E-state index contributed by atoms with van der Waals surface area (Å²) < 4.78 is 1.66. The molecule has 5 heteroatoms. The van der Waals surface area contributed by atoms with Gasteiger partial charge < -0.3 is 9.88 Å². The average molecular weight is 255 g/mol. The summed E-state index contributed by atoms with van der Waals surface area (Å²) >= 11 is 1.92. The van der Waals surface area contributed by atoms with Crippen molar-refractivity contribution in [1.82, 2.24) is 9.55 Å². The molecular weight excluding hydrogens is 234 g/mol. The van der Waals surface area contributed by atoms with Crippen LogP contribution in [0.1, 0.15) is 27.2 Å². The molecule has 1 N–H and O–H groups in total. The van der Waals surface area contributed by atoms with Gasteiger partial charge in [0, 0.05) is 25.0 Å². The first-order valence-electron chi connectivity index (χ1n) is 6.08. The number of aromatic nitrogens is 2. The van der Waals surface area contributed by atoms with Crippen molar-refractivity contribution in [2.24, 2.45) is 0 Å². The van der Waals surface area contributed by atoms with Crippen LogP contribution in [0.2, 0.25) is 0 Å². The largest absolute Gasteiger partial charge is 0.363 e. The Balaban J connectivity index is 2.59. The molecule has 1 atom stereocenters. The molecule has 0 spiro atoms. The highest BCUT2D eigenvalue weighted by molar-refractivity contribution is 7.99. The third-order valence-electron chi connectivity index (χ3n) is 2.54. The molecule has 17 heavy (non-hydrogen) atoms. The van der Waals surface area contributed by atoms with E-state index in [-0.39, 0.29) is 11.6 Å². The minimum absolute atomic E-state index is 0.0370. The highest BCUT2D eigenvalue weighted by Crippen LogP contribution is 2.06. The van der Waals surface area contributed by atoms with E-state index < -0.39 is 0 Å². The Hall–Kier alpha value is -0.970. The number of thioether (sulfide) groups is 1. The number of hydrogen-bond donors (Lipinski definition) is 1. The zero-order chi connectivity index (χ0) is 12.7. The first kappa shape index (κ1) is 14.1. The SMILES string of the molecule is CCSCCC(C)Nc1nccn(CC)c1=O. The summed E-state index contributed by atoms with van der Waals surface area (Å²) in [5, 5.41) is 3.19. The summed E-state index contributed by atoms with van der Waals surface area (Å²) in [4.78, 5) is 16.0. The molecule has 0 aromatic carbocycles. The monoisotopic (exact) mass is 255 g/mol. The van der Waals surface area contributed by atoms with Gasteiger partial charge in [-0.3, -0.25) is 4.79 Å². The minimum atomic E-state index is -0.0370. The van der Waals surface area contributed by atoms with Crippen LogP contribution in [-0.2, 0) is 6.54 Å². The molecule has 4 nitrogen and oxygen atoms in total. The standard InChI is InChI=1S/C12H21N3OS/c1-4-15-8-7-13-11(12(15)16)14-10(3)6-9-17-5-2/h7-8,10H,4-6,9H2,1-3H3,(H,13,14). The van der Waals surface area contributed by atoms with E-state index in [0.717, 1.165) is 17.9 Å². The van der Waals surface area contributed by atoms with Gasteiger partial charge in [-0.25, -0.2) is 4.98 Å². The lowest BCUT2D eigenvalue weighted by atomic mass is 10.2. The first-order chi connectivity index (χ1) is 8.19. The number of anilines is 1. The van der Waals surface area contributed by atoms with Gasteiger partial charge in [0.25, 0.3) is 5.56 Å². The molecule has 96 valence electrons. The highest BCUT2D eigenvalue weighted by atomic mass is 32.2. The Morgan fingerprint density at radius 1 is 1.53 bits per heavy atom. The lowest BCUT2D eigenvalue weighted by Crippen LogP contribution is -2.27. The van der Waals surface area contributed by atoms with Crippen LogP contribution in [0.3, 0.4) is 0 Å². The van der Waals surface area contributed by atoms with Crippen molar-refractivity contribution in [1.29, 1.82) is 0 Å². The van der Waals surface area contributed by atoms with E-state index in [1.54, 1.807) is 17.0 Å². The third-order valence-corrected chi connectivity index (χ3v) is 3.47. The van der Waals surface area contributed by atoms with Gasteiger partial charge >= 0.3 is 0 Å². The van der Waals surface area contributed by atoms with E-state index in [9.17, 15) is 4.79 Å². The van der Waals surface area contributed by atoms with E-state index in [1.807, 2.05) is 18.7 Å². The number of rotatable bonds is 7. The van der Waals surface area contributed by atoms with Crippen molar-refractivity contribution in [3.63, 3.8) is 0 Å². The van der Waals surface area contributed by atoms with Gasteiger partial charge in [-0.1, -0.05) is 6.92 Å². The van der Waals surface area contributed by atoms with E-state index in [0.29, 0.717) is 12.4 Å². The molecule has 0 aliphatic rings. The summed E-state index contributed by atoms with van der Waals surface area (Å²) in [6.07, 6.45) is 4.42. The van der Waals surface area contributed by atoms with Crippen molar-refractivity contribution in [3.8, 4) is 0 Å². The zero-order valence-corrected chi connectivity index (χ0v) is 11.6. The van der Waals surface area contributed by atoms with Crippen molar-refractivity contribution < 1.29 is 0 Å². The summed E-state index contributed by atoms with van der Waals surface area (Å²) in [6.45, 7) is 6.87. The van der Waals surface area contributed by atoms with Gasteiger partial charge in [0.2, 0.25) is 0 Å². The highest BCUT2D eigenvalue weighted by Gasteiger charge is 2.07. The molecule has 1 unspecified atom stereocenters. The van der Waals surface area contributed by atoms with Gasteiger partial charge in [0.15, 0.2) is 5.82 Å². The topological polar surface area (TPSA) is 46.9 Å². The lowest BCUT2D eigenvalue weighted by Gasteiger charge is -2.14. The Morgan fingerprint density at radius 3 is 2.94 bits per heavy atom. The molecule has 1 rings (SSSR count). The smallest absolute Gasteiger partial charge is 0.293 e. The maximum atomic E-state index is 11.9. The molecule has 0 saturated heterocycles. The van der Waals surface area contributed by atoms with Crippen molar-refractivity contribution in [3.05, 3.63) is 22.7 Å². The molecule has 1 heterocycles. The molecular formula is C12H21N3OS. The molecule has 1 aromatic heterocycles. The Labute approximate surface area is 107 Å². The minimum Gasteiger partial charge on any atom is -0.363 e. The van der Waals surface area contributed by atoms with E-state index in [2.05, 4.69) is 24.1 Å². The Kier molecular flexibility index (Phi) is 6.11. The molecule has 0 saturated carbocycles. The van der Waals surface area contributed by atoms with Gasteiger partial charge in [-0.2, -0.15) is 11.8 Å². The molecule has 1 aromatic rings. The number of hydrogen-bond acceptors (Lipinski definition) is 4. The summed E-state index contributed by atoms with van der Waals surface area (Å²) in [6, 6.07) is 0.280. The maximum Gasteiger partial charge on any atom is 0.293 e.